The maximum absolute atomic E-state index is 11.3. The molecule has 8 nitrogen and oxygen atoms in total. The third kappa shape index (κ3) is 2.51. The van der Waals surface area contributed by atoms with E-state index in [2.05, 4.69) is 19.8 Å². The van der Waals surface area contributed by atoms with Gasteiger partial charge in [-0.2, -0.15) is 0 Å². The van der Waals surface area contributed by atoms with Crippen LogP contribution in [0.2, 0.25) is 0 Å². The molecule has 0 radical (unpaired) electrons. The van der Waals surface area contributed by atoms with Crippen LogP contribution in [0.3, 0.4) is 0 Å². The smallest absolute Gasteiger partial charge is 0.273 e. The zero-order valence-corrected chi connectivity index (χ0v) is 12.6. The molecule has 0 unspecified atom stereocenters. The lowest BCUT2D eigenvalue weighted by Gasteiger charge is -2.15. The van der Waals surface area contributed by atoms with Crippen LogP contribution in [-0.2, 0) is 22.5 Å². The van der Waals surface area contributed by atoms with E-state index in [1.54, 1.807) is 7.05 Å². The van der Waals surface area contributed by atoms with Crippen molar-refractivity contribution < 1.29 is 8.42 Å². The molecule has 0 spiro atoms. The van der Waals surface area contributed by atoms with Crippen molar-refractivity contribution >= 4 is 21.6 Å². The molecule has 0 bridgehead atoms. The first-order chi connectivity index (χ1) is 8.62. The van der Waals surface area contributed by atoms with Gasteiger partial charge in [-0.3, -0.25) is 4.57 Å². The van der Waals surface area contributed by atoms with Crippen molar-refractivity contribution in [3.63, 3.8) is 0 Å². The molecule has 0 atom stereocenters. The average Bonchev–Trinajstić information content (AvgIpc) is 2.79. The van der Waals surface area contributed by atoms with E-state index in [-0.39, 0.29) is 10.6 Å². The van der Waals surface area contributed by atoms with E-state index < -0.39 is 10.0 Å². The van der Waals surface area contributed by atoms with Gasteiger partial charge in [0, 0.05) is 12.5 Å². The number of primary sulfonamides is 1. The van der Waals surface area contributed by atoms with Gasteiger partial charge in [-0.05, 0) is 11.5 Å². The van der Waals surface area contributed by atoms with Gasteiger partial charge < -0.3 is 0 Å². The van der Waals surface area contributed by atoms with Crippen LogP contribution in [0.4, 0.5) is 0 Å². The van der Waals surface area contributed by atoms with Gasteiger partial charge in [0.1, 0.15) is 4.88 Å². The summed E-state index contributed by atoms with van der Waals surface area (Å²) in [6.07, 6.45) is 0. The number of hydrogen-bond donors (Lipinski definition) is 1. The fourth-order valence-electron chi connectivity index (χ4n) is 1.59. The Labute approximate surface area is 114 Å². The van der Waals surface area contributed by atoms with E-state index in [1.807, 2.05) is 20.8 Å². The van der Waals surface area contributed by atoms with Crippen LogP contribution >= 0.6 is 11.5 Å². The third-order valence-electron chi connectivity index (χ3n) is 2.49. The Bertz CT molecular complexity index is 709. The quantitative estimate of drug-likeness (QED) is 0.851. The Morgan fingerprint density at radius 3 is 2.32 bits per heavy atom. The second-order valence-corrected chi connectivity index (χ2v) is 7.32. The molecule has 104 valence electrons. The third-order valence-corrected chi connectivity index (χ3v) is 4.08. The Morgan fingerprint density at radius 2 is 1.84 bits per heavy atom. The van der Waals surface area contributed by atoms with E-state index in [0.717, 1.165) is 17.2 Å². The molecule has 0 amide bonds. The molecule has 2 aromatic heterocycles. The van der Waals surface area contributed by atoms with Crippen molar-refractivity contribution in [3.05, 3.63) is 5.69 Å². The van der Waals surface area contributed by atoms with E-state index in [9.17, 15) is 8.42 Å². The number of nitrogens with two attached hydrogens (primary N) is 1. The van der Waals surface area contributed by atoms with Crippen LogP contribution in [-0.4, -0.2) is 32.8 Å². The summed E-state index contributed by atoms with van der Waals surface area (Å²) >= 11 is 1.15. The van der Waals surface area contributed by atoms with Crippen LogP contribution in [0, 0.1) is 0 Å². The van der Waals surface area contributed by atoms with Crippen molar-refractivity contribution in [2.75, 3.05) is 0 Å². The highest BCUT2D eigenvalue weighted by Crippen LogP contribution is 2.33. The molecule has 0 saturated heterocycles. The predicted molar refractivity (Wildman–Crippen MR) is 70.0 cm³/mol. The normalized spacial score (nSPS) is 12.9. The molecular formula is C9H14N6O2S2. The second kappa shape index (κ2) is 4.32. The number of sulfonamides is 1. The highest BCUT2D eigenvalue weighted by molar-refractivity contribution is 7.89. The zero-order chi connectivity index (χ0) is 14.4. The standard InChI is InChI=1S/C9H14N6O2S2/c1-9(2,3)6-5(18-14-11-6)7-12-13-8(15(7)4)19(10,16)17/h1-4H3,(H2,10,16,17). The van der Waals surface area contributed by atoms with Crippen molar-refractivity contribution in [1.82, 2.24) is 24.4 Å². The maximum Gasteiger partial charge on any atom is 0.273 e. The van der Waals surface area contributed by atoms with E-state index >= 15 is 0 Å². The van der Waals surface area contributed by atoms with Crippen molar-refractivity contribution in [2.45, 2.75) is 31.3 Å². The van der Waals surface area contributed by atoms with Gasteiger partial charge in [0.15, 0.2) is 5.82 Å². The molecular weight excluding hydrogens is 288 g/mol. The van der Waals surface area contributed by atoms with Gasteiger partial charge in [0.25, 0.3) is 15.2 Å². The molecule has 10 heteroatoms. The largest absolute Gasteiger partial charge is 0.299 e. The van der Waals surface area contributed by atoms with Crippen LogP contribution in [0.5, 0.6) is 0 Å². The first-order valence-corrected chi connectivity index (χ1v) is 7.69. The highest BCUT2D eigenvalue weighted by Gasteiger charge is 2.28. The fraction of sp³-hybridized carbons (Fsp3) is 0.556. The van der Waals surface area contributed by atoms with E-state index in [4.69, 9.17) is 5.14 Å². The monoisotopic (exact) mass is 302 g/mol. The van der Waals surface area contributed by atoms with E-state index in [1.165, 1.54) is 4.57 Å². The van der Waals surface area contributed by atoms with Gasteiger partial charge in [-0.15, -0.1) is 15.3 Å². The number of nitrogens with zero attached hydrogens (tertiary/aromatic N) is 5. The molecule has 0 aliphatic rings. The van der Waals surface area contributed by atoms with Gasteiger partial charge in [0.05, 0.1) is 5.69 Å². The van der Waals surface area contributed by atoms with Gasteiger partial charge in [-0.25, -0.2) is 13.6 Å². The average molecular weight is 302 g/mol. The Balaban J connectivity index is 2.63. The summed E-state index contributed by atoms with van der Waals surface area (Å²) in [5.74, 6) is 0.393. The molecule has 0 aliphatic heterocycles. The highest BCUT2D eigenvalue weighted by atomic mass is 32.2. The van der Waals surface area contributed by atoms with Crippen LogP contribution < -0.4 is 5.14 Å². The Kier molecular flexibility index (Phi) is 3.19. The van der Waals surface area contributed by atoms with Crippen LogP contribution in [0.1, 0.15) is 26.5 Å². The summed E-state index contributed by atoms with van der Waals surface area (Å²) in [5, 5.41) is 16.4. The van der Waals surface area contributed by atoms with Gasteiger partial charge in [0.2, 0.25) is 0 Å². The summed E-state index contributed by atoms with van der Waals surface area (Å²) in [7, 11) is -2.36. The number of aromatic nitrogens is 5. The first-order valence-electron chi connectivity index (χ1n) is 5.38. The maximum atomic E-state index is 11.3. The Morgan fingerprint density at radius 1 is 1.21 bits per heavy atom. The van der Waals surface area contributed by atoms with E-state index in [0.29, 0.717) is 10.7 Å². The molecule has 2 rings (SSSR count). The zero-order valence-electron chi connectivity index (χ0n) is 10.9. The fourth-order valence-corrected chi connectivity index (χ4v) is 3.11. The SMILES string of the molecule is Cn1c(-c2snnc2C(C)(C)C)nnc1S(N)(=O)=O. The van der Waals surface area contributed by atoms with Crippen molar-refractivity contribution in [3.8, 4) is 10.7 Å². The van der Waals surface area contributed by atoms with Gasteiger partial charge >= 0.3 is 0 Å². The minimum Gasteiger partial charge on any atom is -0.299 e. The van der Waals surface area contributed by atoms with Crippen LogP contribution in [0.15, 0.2) is 5.16 Å². The topological polar surface area (TPSA) is 117 Å². The summed E-state index contributed by atoms with van der Waals surface area (Å²) in [4.78, 5) is 0.692. The number of rotatable bonds is 2. The minimum absolute atomic E-state index is 0.226. The molecule has 2 N–H and O–H groups in total. The molecule has 0 aliphatic carbocycles. The molecule has 0 saturated carbocycles. The summed E-state index contributed by atoms with van der Waals surface area (Å²) in [5.41, 5.74) is 0.518. The molecule has 19 heavy (non-hydrogen) atoms. The molecule has 2 aromatic rings. The Hall–Kier alpha value is -1.39. The second-order valence-electron chi connectivity index (χ2n) is 5.11. The molecule has 0 aromatic carbocycles. The van der Waals surface area contributed by atoms with Gasteiger partial charge in [-0.1, -0.05) is 25.3 Å². The van der Waals surface area contributed by atoms with Crippen molar-refractivity contribution in [2.24, 2.45) is 12.2 Å². The lowest BCUT2D eigenvalue weighted by Crippen LogP contribution is -2.18. The first kappa shape index (κ1) is 14.0. The van der Waals surface area contributed by atoms with Crippen LogP contribution in [0.25, 0.3) is 10.7 Å². The summed E-state index contributed by atoms with van der Waals surface area (Å²) in [6.45, 7) is 5.97. The molecule has 2 heterocycles. The lowest BCUT2D eigenvalue weighted by molar-refractivity contribution is 0.567. The summed E-state index contributed by atoms with van der Waals surface area (Å²) < 4.78 is 27.9. The van der Waals surface area contributed by atoms with Crippen molar-refractivity contribution in [1.29, 1.82) is 0 Å². The summed E-state index contributed by atoms with van der Waals surface area (Å²) in [6, 6.07) is 0. The lowest BCUT2D eigenvalue weighted by atomic mass is 9.91. The minimum atomic E-state index is -3.90. The predicted octanol–water partition coefficient (Wildman–Crippen LogP) is 0.278. The molecule has 0 fully saturated rings. The number of hydrogen-bond acceptors (Lipinski definition) is 7.